The number of carboxylic acids is 1. The molecule has 5 aromatic rings. The second kappa shape index (κ2) is 8.68. The van der Waals surface area contributed by atoms with Crippen LogP contribution in [0.4, 0.5) is 0 Å². The van der Waals surface area contributed by atoms with Gasteiger partial charge in [-0.2, -0.15) is 8.75 Å². The van der Waals surface area contributed by atoms with Crippen molar-refractivity contribution >= 4 is 39.6 Å². The number of hydrogen-bond donors (Lipinski definition) is 1. The fourth-order valence-corrected chi connectivity index (χ4v) is 4.81. The van der Waals surface area contributed by atoms with Crippen LogP contribution in [0.2, 0.25) is 0 Å². The largest absolute Gasteiger partial charge is 0.496 e. The Balaban J connectivity index is 1.86. The number of benzene rings is 3. The predicted molar refractivity (Wildman–Crippen MR) is 131 cm³/mol. The van der Waals surface area contributed by atoms with Gasteiger partial charge in [0.2, 0.25) is 0 Å². The van der Waals surface area contributed by atoms with Crippen LogP contribution in [0.5, 0.6) is 17.2 Å². The molecule has 0 saturated heterocycles. The standard InChI is InChI=1S/C25H21N3O5S/c1-31-20-7-5-4-6-15(20)13-28-19-12-22(33-3)21(32-2)11-16(19)23(24(28)25(29)30)14-8-9-17-18(10-14)27-34-26-17/h4-12H,13H2,1-3H3,(H,29,30). The minimum absolute atomic E-state index is 0.152. The second-order valence-corrected chi connectivity index (χ2v) is 8.15. The highest BCUT2D eigenvalue weighted by atomic mass is 32.1. The molecule has 0 aliphatic rings. The van der Waals surface area contributed by atoms with Gasteiger partial charge in [-0.1, -0.05) is 24.3 Å². The first-order chi connectivity index (χ1) is 16.5. The highest BCUT2D eigenvalue weighted by Crippen LogP contribution is 2.42. The summed E-state index contributed by atoms with van der Waals surface area (Å²) >= 11 is 1.12. The maximum atomic E-state index is 12.7. The molecule has 2 aromatic heterocycles. The monoisotopic (exact) mass is 475 g/mol. The van der Waals surface area contributed by atoms with Crippen LogP contribution in [-0.4, -0.2) is 45.7 Å². The number of rotatable bonds is 7. The summed E-state index contributed by atoms with van der Waals surface area (Å²) in [5.41, 5.74) is 4.49. The average molecular weight is 476 g/mol. The fraction of sp³-hybridized carbons (Fsp3) is 0.160. The van der Waals surface area contributed by atoms with Crippen molar-refractivity contribution < 1.29 is 24.1 Å². The normalized spacial score (nSPS) is 11.1. The van der Waals surface area contributed by atoms with Gasteiger partial charge in [-0.25, -0.2) is 4.79 Å². The molecule has 0 bridgehead atoms. The lowest BCUT2D eigenvalue weighted by Crippen LogP contribution is -2.11. The van der Waals surface area contributed by atoms with Gasteiger partial charge >= 0.3 is 5.97 Å². The molecule has 0 unspecified atom stereocenters. The Morgan fingerprint density at radius 3 is 2.35 bits per heavy atom. The van der Waals surface area contributed by atoms with E-state index in [1.165, 1.54) is 0 Å². The van der Waals surface area contributed by atoms with Crippen molar-refractivity contribution in [3.63, 3.8) is 0 Å². The van der Waals surface area contributed by atoms with Gasteiger partial charge in [0.15, 0.2) is 11.5 Å². The maximum Gasteiger partial charge on any atom is 0.353 e. The van der Waals surface area contributed by atoms with Crippen LogP contribution in [-0.2, 0) is 6.54 Å². The number of nitrogens with zero attached hydrogens (tertiary/aromatic N) is 3. The number of carboxylic acid groups (broad SMARTS) is 1. The smallest absolute Gasteiger partial charge is 0.353 e. The van der Waals surface area contributed by atoms with Crippen LogP contribution in [0.25, 0.3) is 33.1 Å². The third-order valence-corrected chi connectivity index (χ3v) is 6.39. The minimum atomic E-state index is -1.05. The zero-order valence-electron chi connectivity index (χ0n) is 18.7. The molecule has 0 amide bonds. The summed E-state index contributed by atoms with van der Waals surface area (Å²) in [6.45, 7) is 0.290. The Kier molecular flexibility index (Phi) is 5.54. The zero-order valence-corrected chi connectivity index (χ0v) is 19.5. The Morgan fingerprint density at radius 1 is 0.912 bits per heavy atom. The Bertz CT molecular complexity index is 1540. The molecule has 8 nitrogen and oxygen atoms in total. The molecule has 0 aliphatic heterocycles. The van der Waals surface area contributed by atoms with Gasteiger partial charge in [-0.3, -0.25) is 0 Å². The van der Waals surface area contributed by atoms with Crippen LogP contribution in [0.1, 0.15) is 16.1 Å². The minimum Gasteiger partial charge on any atom is -0.496 e. The summed E-state index contributed by atoms with van der Waals surface area (Å²) in [5.74, 6) is 0.656. The molecule has 5 rings (SSSR count). The molecular weight excluding hydrogens is 454 g/mol. The highest BCUT2D eigenvalue weighted by molar-refractivity contribution is 7.00. The van der Waals surface area contributed by atoms with E-state index in [9.17, 15) is 9.90 Å². The lowest BCUT2D eigenvalue weighted by Gasteiger charge is -2.13. The summed E-state index contributed by atoms with van der Waals surface area (Å²) in [5, 5.41) is 11.1. The van der Waals surface area contributed by atoms with E-state index >= 15 is 0 Å². The Hall–Kier alpha value is -4.11. The van der Waals surface area contributed by atoms with Gasteiger partial charge in [-0.15, -0.1) is 0 Å². The van der Waals surface area contributed by atoms with Crippen molar-refractivity contribution in [2.45, 2.75) is 6.54 Å². The molecule has 0 atom stereocenters. The van der Waals surface area contributed by atoms with Crippen molar-refractivity contribution in [2.24, 2.45) is 0 Å². The number of carbonyl (C=O) groups is 1. The van der Waals surface area contributed by atoms with Crippen molar-refractivity contribution in [1.29, 1.82) is 0 Å². The van der Waals surface area contributed by atoms with E-state index in [0.29, 0.717) is 33.8 Å². The lowest BCUT2D eigenvalue weighted by atomic mass is 10.0. The predicted octanol–water partition coefficient (Wildman–Crippen LogP) is 5.09. The van der Waals surface area contributed by atoms with Crippen molar-refractivity contribution in [2.75, 3.05) is 21.3 Å². The number of methoxy groups -OCH3 is 3. The van der Waals surface area contributed by atoms with E-state index in [4.69, 9.17) is 14.2 Å². The van der Waals surface area contributed by atoms with Crippen LogP contribution in [0, 0.1) is 0 Å². The molecular formula is C25H21N3O5S. The summed E-state index contributed by atoms with van der Waals surface area (Å²) in [4.78, 5) is 12.7. The number of fused-ring (bicyclic) bond motifs is 2. The fourth-order valence-electron chi connectivity index (χ4n) is 4.30. The molecule has 9 heteroatoms. The number of ether oxygens (including phenoxy) is 3. The summed E-state index contributed by atoms with van der Waals surface area (Å²) in [7, 11) is 4.71. The number of para-hydroxylation sites is 1. The lowest BCUT2D eigenvalue weighted by molar-refractivity contribution is 0.0687. The summed E-state index contributed by atoms with van der Waals surface area (Å²) in [6, 6.07) is 16.8. The molecule has 0 aliphatic carbocycles. The molecule has 0 fully saturated rings. The molecule has 3 aromatic carbocycles. The van der Waals surface area contributed by atoms with Gasteiger partial charge in [0.05, 0.1) is 45.1 Å². The van der Waals surface area contributed by atoms with Crippen LogP contribution >= 0.6 is 11.7 Å². The van der Waals surface area contributed by atoms with E-state index in [2.05, 4.69) is 8.75 Å². The molecule has 34 heavy (non-hydrogen) atoms. The van der Waals surface area contributed by atoms with Crippen LogP contribution in [0.3, 0.4) is 0 Å². The van der Waals surface area contributed by atoms with Crippen molar-refractivity contribution in [3.8, 4) is 28.4 Å². The molecule has 0 radical (unpaired) electrons. The van der Waals surface area contributed by atoms with Crippen molar-refractivity contribution in [1.82, 2.24) is 13.3 Å². The number of aromatic carboxylic acids is 1. The van der Waals surface area contributed by atoms with Gasteiger partial charge in [-0.05, 0) is 29.8 Å². The first kappa shape index (κ1) is 21.7. The number of aromatic nitrogens is 3. The first-order valence-electron chi connectivity index (χ1n) is 10.4. The van der Waals surface area contributed by atoms with E-state index in [0.717, 1.165) is 33.8 Å². The van der Waals surface area contributed by atoms with E-state index < -0.39 is 5.97 Å². The zero-order chi connectivity index (χ0) is 23.8. The van der Waals surface area contributed by atoms with Crippen LogP contribution in [0.15, 0.2) is 54.6 Å². The number of hydrogen-bond acceptors (Lipinski definition) is 7. The molecule has 2 heterocycles. The maximum absolute atomic E-state index is 12.7. The molecule has 1 N–H and O–H groups in total. The first-order valence-corrected chi connectivity index (χ1v) is 11.1. The van der Waals surface area contributed by atoms with Gasteiger partial charge in [0, 0.05) is 22.6 Å². The second-order valence-electron chi connectivity index (χ2n) is 7.62. The van der Waals surface area contributed by atoms with E-state index in [1.807, 2.05) is 54.6 Å². The molecule has 0 saturated carbocycles. The van der Waals surface area contributed by atoms with Crippen LogP contribution < -0.4 is 14.2 Å². The van der Waals surface area contributed by atoms with Crippen molar-refractivity contribution in [3.05, 3.63) is 65.9 Å². The van der Waals surface area contributed by atoms with Gasteiger partial charge in [0.25, 0.3) is 0 Å². The quantitative estimate of drug-likeness (QED) is 0.350. The third kappa shape index (κ3) is 3.50. The summed E-state index contributed by atoms with van der Waals surface area (Å²) < 4.78 is 27.0. The van der Waals surface area contributed by atoms with Gasteiger partial charge < -0.3 is 23.9 Å². The van der Waals surface area contributed by atoms with E-state index in [-0.39, 0.29) is 12.2 Å². The Labute approximate surface area is 199 Å². The average Bonchev–Trinajstić information content (AvgIpc) is 3.45. The molecule has 0 spiro atoms. The highest BCUT2D eigenvalue weighted by Gasteiger charge is 2.26. The van der Waals surface area contributed by atoms with Gasteiger partial charge in [0.1, 0.15) is 22.5 Å². The topological polar surface area (TPSA) is 95.7 Å². The van der Waals surface area contributed by atoms with E-state index in [1.54, 1.807) is 25.9 Å². The summed E-state index contributed by atoms with van der Waals surface area (Å²) in [6.07, 6.45) is 0. The third-order valence-electron chi connectivity index (χ3n) is 5.83. The Morgan fingerprint density at radius 2 is 1.62 bits per heavy atom. The molecule has 172 valence electrons. The SMILES string of the molecule is COc1ccccc1Cn1c(C(=O)O)c(-c2ccc3nsnc3c2)c2cc(OC)c(OC)cc21.